The molecule has 0 heterocycles. The first-order valence-electron chi connectivity index (χ1n) is 13.2. The van der Waals surface area contributed by atoms with Crippen molar-refractivity contribution in [3.63, 3.8) is 0 Å². The molecule has 7 atom stereocenters. The highest BCUT2D eigenvalue weighted by atomic mass is 19.4. The van der Waals surface area contributed by atoms with E-state index < -0.39 is 42.1 Å². The van der Waals surface area contributed by atoms with E-state index in [9.17, 15) is 46.1 Å². The molecule has 1 aromatic carbocycles. The van der Waals surface area contributed by atoms with Crippen LogP contribution in [0.15, 0.2) is 30.9 Å². The monoisotopic (exact) mass is 552 g/mol. The van der Waals surface area contributed by atoms with Crippen LogP contribution >= 0.6 is 0 Å². The number of alkyl halides is 7. The molecule has 0 aromatic heterocycles. The van der Waals surface area contributed by atoms with Crippen LogP contribution in [0.25, 0.3) is 0 Å². The molecular formula is C28H35F7O3. The molecule has 1 aromatic rings. The number of aromatic hydroxyl groups is 1. The minimum absolute atomic E-state index is 0.0337. The predicted molar refractivity (Wildman–Crippen MR) is 127 cm³/mol. The number of hydrogen-bond acceptors (Lipinski definition) is 3. The highest BCUT2D eigenvalue weighted by molar-refractivity contribution is 5.43. The molecule has 0 bridgehead atoms. The van der Waals surface area contributed by atoms with Gasteiger partial charge in [0.1, 0.15) is 11.9 Å². The van der Waals surface area contributed by atoms with Crippen molar-refractivity contribution in [2.75, 3.05) is 0 Å². The van der Waals surface area contributed by atoms with E-state index in [1.54, 1.807) is 12.1 Å². The second-order valence-electron chi connectivity index (χ2n) is 11.8. The summed E-state index contributed by atoms with van der Waals surface area (Å²) in [5.41, 5.74) is 1.30. The Hall–Kier alpha value is -1.81. The molecular weight excluding hydrogens is 517 g/mol. The summed E-state index contributed by atoms with van der Waals surface area (Å²) < 4.78 is 91.8. The Morgan fingerprint density at radius 3 is 2.42 bits per heavy atom. The van der Waals surface area contributed by atoms with Gasteiger partial charge in [-0.15, -0.1) is 6.58 Å². The van der Waals surface area contributed by atoms with Crippen LogP contribution in [0.5, 0.6) is 5.75 Å². The van der Waals surface area contributed by atoms with E-state index in [4.69, 9.17) is 0 Å². The topological polar surface area (TPSA) is 60.7 Å². The van der Waals surface area contributed by atoms with Gasteiger partial charge in [-0.05, 0) is 96.8 Å². The van der Waals surface area contributed by atoms with E-state index in [2.05, 4.69) is 13.5 Å². The lowest BCUT2D eigenvalue weighted by Gasteiger charge is -2.60. The number of halogens is 7. The summed E-state index contributed by atoms with van der Waals surface area (Å²) in [7, 11) is 0. The van der Waals surface area contributed by atoms with Gasteiger partial charge in [-0.25, -0.2) is 0 Å². The van der Waals surface area contributed by atoms with E-state index in [1.807, 2.05) is 12.1 Å². The molecule has 3 aliphatic rings. The normalized spacial score (nSPS) is 34.3. The molecule has 3 nitrogen and oxygen atoms in total. The van der Waals surface area contributed by atoms with E-state index in [1.165, 1.54) is 0 Å². The summed E-state index contributed by atoms with van der Waals surface area (Å²) in [6.07, 6.45) is -4.99. The Kier molecular flexibility index (Phi) is 7.43. The van der Waals surface area contributed by atoms with E-state index in [-0.39, 0.29) is 41.8 Å². The summed E-state index contributed by atoms with van der Waals surface area (Å²) >= 11 is 0. The number of aliphatic hydroxyl groups excluding tert-OH is 2. The van der Waals surface area contributed by atoms with Gasteiger partial charge in [0.2, 0.25) is 0 Å². The lowest BCUT2D eigenvalue weighted by atomic mass is 9.44. The van der Waals surface area contributed by atoms with Gasteiger partial charge in [0.15, 0.2) is 0 Å². The molecule has 2 unspecified atom stereocenters. The largest absolute Gasteiger partial charge is 0.508 e. The molecule has 0 spiro atoms. The first-order chi connectivity index (χ1) is 17.5. The molecule has 3 aliphatic carbocycles. The summed E-state index contributed by atoms with van der Waals surface area (Å²) in [5.74, 6) is -11.8. The Balaban J connectivity index is 1.55. The maximum absolute atomic E-state index is 13.8. The Morgan fingerprint density at radius 2 is 1.79 bits per heavy atom. The number of benzene rings is 1. The van der Waals surface area contributed by atoms with E-state index in [0.717, 1.165) is 30.4 Å². The molecule has 0 aliphatic heterocycles. The number of hydrogen-bond donors (Lipinski definition) is 3. The number of rotatable bonds is 8. The minimum atomic E-state index is -6.48. The van der Waals surface area contributed by atoms with Gasteiger partial charge in [0, 0.05) is 0 Å². The zero-order valence-corrected chi connectivity index (χ0v) is 21.3. The molecule has 10 heteroatoms. The van der Waals surface area contributed by atoms with Gasteiger partial charge in [0.25, 0.3) is 0 Å². The molecule has 0 amide bonds. The number of fused-ring (bicyclic) bond motifs is 5. The smallest absolute Gasteiger partial charge is 0.459 e. The lowest BCUT2D eigenvalue weighted by molar-refractivity contribution is -0.371. The zero-order chi connectivity index (χ0) is 28.3. The molecule has 214 valence electrons. The van der Waals surface area contributed by atoms with Crippen molar-refractivity contribution in [1.82, 2.24) is 0 Å². The third-order valence-electron chi connectivity index (χ3n) is 9.85. The van der Waals surface area contributed by atoms with Gasteiger partial charge < -0.3 is 15.3 Å². The van der Waals surface area contributed by atoms with Gasteiger partial charge in [-0.1, -0.05) is 31.9 Å². The first kappa shape index (κ1) is 29.2. The maximum Gasteiger partial charge on any atom is 0.459 e. The fraction of sp³-hybridized carbons (Fsp3) is 0.714. The standard InChI is InChI=1S/C28H35F7O3/c1-3-25-13-12-16-14-18(36)8-9-19(16)23(25)17(15-24(2)20(25)10-11-21(24)37)6-4-5-7-22(38)26(29,30)27(31,32)28(33,34)35/h3,8-9,14,17,20-23,36-38H,1,4-7,10-13,15H2,2H3/t17-,20+,21-,22?,23+,24-,25?/m0/s1. The summed E-state index contributed by atoms with van der Waals surface area (Å²) in [6.45, 7) is 6.24. The van der Waals surface area contributed by atoms with Crippen LogP contribution in [0.1, 0.15) is 75.3 Å². The average Bonchev–Trinajstić information content (AvgIpc) is 3.14. The Morgan fingerprint density at radius 1 is 1.11 bits per heavy atom. The molecule has 2 saturated carbocycles. The van der Waals surface area contributed by atoms with Crippen LogP contribution < -0.4 is 0 Å². The number of phenolic OH excluding ortho intramolecular Hbond substituents is 1. The first-order valence-corrected chi connectivity index (χ1v) is 13.2. The third kappa shape index (κ3) is 4.34. The molecule has 4 rings (SSSR count). The van der Waals surface area contributed by atoms with Gasteiger partial charge >= 0.3 is 18.0 Å². The van der Waals surface area contributed by atoms with E-state index >= 15 is 0 Å². The number of unbranched alkanes of at least 4 members (excludes halogenated alkanes) is 1. The van der Waals surface area contributed by atoms with Gasteiger partial charge in [0.05, 0.1) is 6.10 Å². The van der Waals surface area contributed by atoms with Gasteiger partial charge in [-0.2, -0.15) is 30.7 Å². The number of aliphatic hydroxyl groups is 2. The SMILES string of the molecule is C=CC12CCc3cc(O)ccc3[C@H]1[C@@H](CCCCC(O)C(F)(F)C(F)(F)C(F)(F)F)C[C@]1(C)[C@@H](O)CC[C@@H]21. The van der Waals surface area contributed by atoms with Crippen molar-refractivity contribution >= 4 is 0 Å². The van der Waals surface area contributed by atoms with Crippen LogP contribution in [-0.2, 0) is 6.42 Å². The lowest BCUT2D eigenvalue weighted by Crippen LogP contribution is -2.57. The molecule has 0 radical (unpaired) electrons. The number of allylic oxidation sites excluding steroid dienone is 1. The quantitative estimate of drug-likeness (QED) is 0.182. The fourth-order valence-corrected chi connectivity index (χ4v) is 8.02. The Labute approximate surface area is 217 Å². The maximum atomic E-state index is 13.8. The van der Waals surface area contributed by atoms with Crippen LogP contribution in [0.3, 0.4) is 0 Å². The van der Waals surface area contributed by atoms with Crippen molar-refractivity contribution in [1.29, 1.82) is 0 Å². The average molecular weight is 553 g/mol. The number of phenols is 1. The third-order valence-corrected chi connectivity index (χ3v) is 9.85. The van der Waals surface area contributed by atoms with Crippen molar-refractivity contribution in [2.24, 2.45) is 22.7 Å². The number of aryl methyl sites for hydroxylation is 1. The van der Waals surface area contributed by atoms with Crippen molar-refractivity contribution in [2.45, 2.75) is 101 Å². The summed E-state index contributed by atoms with van der Waals surface area (Å²) in [5, 5.41) is 30.6. The van der Waals surface area contributed by atoms with E-state index in [0.29, 0.717) is 19.3 Å². The summed E-state index contributed by atoms with van der Waals surface area (Å²) in [6, 6.07) is 5.24. The predicted octanol–water partition coefficient (Wildman–Crippen LogP) is 7.15. The van der Waals surface area contributed by atoms with Crippen molar-refractivity contribution in [3.05, 3.63) is 42.0 Å². The fourth-order valence-electron chi connectivity index (χ4n) is 8.02. The Bertz CT molecular complexity index is 1040. The second kappa shape index (κ2) is 9.68. The van der Waals surface area contributed by atoms with Crippen molar-refractivity contribution < 1.29 is 46.1 Å². The molecule has 3 N–H and O–H groups in total. The highest BCUT2D eigenvalue weighted by Gasteiger charge is 2.75. The molecule has 38 heavy (non-hydrogen) atoms. The van der Waals surface area contributed by atoms with Crippen molar-refractivity contribution in [3.8, 4) is 5.75 Å². The highest BCUT2D eigenvalue weighted by Crippen LogP contribution is 2.69. The van der Waals surface area contributed by atoms with Crippen LogP contribution in [-0.4, -0.2) is 45.5 Å². The van der Waals surface area contributed by atoms with Gasteiger partial charge in [-0.3, -0.25) is 0 Å². The van der Waals surface area contributed by atoms with Crippen LogP contribution in [0.2, 0.25) is 0 Å². The molecule has 2 fully saturated rings. The molecule has 0 saturated heterocycles. The van der Waals surface area contributed by atoms with Crippen LogP contribution in [0.4, 0.5) is 30.7 Å². The van der Waals surface area contributed by atoms with Crippen LogP contribution in [0, 0.1) is 22.7 Å². The minimum Gasteiger partial charge on any atom is -0.508 e. The zero-order valence-electron chi connectivity index (χ0n) is 21.3. The second-order valence-corrected chi connectivity index (χ2v) is 11.8. The summed E-state index contributed by atoms with van der Waals surface area (Å²) in [4.78, 5) is 0.